The van der Waals surface area contributed by atoms with Gasteiger partial charge in [-0.2, -0.15) is 0 Å². The fraction of sp³-hybridized carbons (Fsp3) is 0.153. The maximum absolute atomic E-state index is 2.57. The lowest BCUT2D eigenvalue weighted by Gasteiger charge is -2.29. The Morgan fingerprint density at radius 2 is 0.742 bits per heavy atom. The van der Waals surface area contributed by atoms with E-state index in [1.807, 2.05) is 0 Å². The minimum atomic E-state index is 0.0448. The fourth-order valence-electron chi connectivity index (χ4n) is 9.84. The zero-order chi connectivity index (χ0) is 42.5. The summed E-state index contributed by atoms with van der Waals surface area (Å²) in [5, 5.41) is 9.84. The quantitative estimate of drug-likeness (QED) is 0.166. The first-order valence-corrected chi connectivity index (χ1v) is 21.9. The van der Waals surface area contributed by atoms with Crippen LogP contribution in [0.4, 0.5) is 34.1 Å². The van der Waals surface area contributed by atoms with Crippen LogP contribution in [0.3, 0.4) is 0 Å². The molecule has 9 aromatic carbocycles. The number of anilines is 6. The van der Waals surface area contributed by atoms with Gasteiger partial charge in [-0.05, 0) is 100 Å². The first-order chi connectivity index (χ1) is 30.0. The molecule has 2 heterocycles. The van der Waals surface area contributed by atoms with E-state index in [1.54, 1.807) is 0 Å². The SMILES string of the molecule is Cc1ccc(N(c2ccc(C(C)(C)C)cc2)c2c3ccccc3cc3c2c2cccc4c5c(N(c6ccccc6)c6ccc(C(C)(C)C)cc6)c6ccccc6cc5n3c42)cc1. The van der Waals surface area contributed by atoms with E-state index < -0.39 is 0 Å². The summed E-state index contributed by atoms with van der Waals surface area (Å²) in [6.07, 6.45) is 0. The van der Waals surface area contributed by atoms with E-state index in [-0.39, 0.29) is 10.8 Å². The van der Waals surface area contributed by atoms with Gasteiger partial charge in [0.15, 0.2) is 0 Å². The van der Waals surface area contributed by atoms with Crippen molar-refractivity contribution in [1.29, 1.82) is 0 Å². The molecule has 0 N–H and O–H groups in total. The van der Waals surface area contributed by atoms with Gasteiger partial charge in [0.1, 0.15) is 0 Å². The number of hydrogen-bond donors (Lipinski definition) is 0. The van der Waals surface area contributed by atoms with Crippen LogP contribution in [0, 0.1) is 6.92 Å². The van der Waals surface area contributed by atoms with E-state index in [9.17, 15) is 0 Å². The van der Waals surface area contributed by atoms with Crippen molar-refractivity contribution in [3.05, 3.63) is 199 Å². The number of fused-ring (bicyclic) bond motifs is 8. The van der Waals surface area contributed by atoms with E-state index in [4.69, 9.17) is 0 Å². The molecule has 0 spiro atoms. The van der Waals surface area contributed by atoms with Crippen LogP contribution in [0.1, 0.15) is 58.2 Å². The predicted molar refractivity (Wildman–Crippen MR) is 268 cm³/mol. The minimum Gasteiger partial charge on any atom is -0.309 e. The van der Waals surface area contributed by atoms with Gasteiger partial charge < -0.3 is 14.2 Å². The summed E-state index contributed by atoms with van der Waals surface area (Å²) in [5.41, 5.74) is 14.5. The molecule has 2 aromatic heterocycles. The van der Waals surface area contributed by atoms with Crippen molar-refractivity contribution in [2.24, 2.45) is 0 Å². The van der Waals surface area contributed by atoms with Crippen LogP contribution in [0.5, 0.6) is 0 Å². The van der Waals surface area contributed by atoms with Gasteiger partial charge in [0.2, 0.25) is 0 Å². The van der Waals surface area contributed by atoms with Gasteiger partial charge in [-0.3, -0.25) is 0 Å². The summed E-state index contributed by atoms with van der Waals surface area (Å²) < 4.78 is 2.57. The highest BCUT2D eigenvalue weighted by atomic mass is 15.2. The largest absolute Gasteiger partial charge is 0.309 e. The average molecular weight is 802 g/mol. The van der Waals surface area contributed by atoms with Crippen molar-refractivity contribution in [1.82, 2.24) is 4.40 Å². The summed E-state index contributed by atoms with van der Waals surface area (Å²) in [6, 6.07) is 68.0. The van der Waals surface area contributed by atoms with Crippen LogP contribution in [0.25, 0.3) is 59.6 Å². The monoisotopic (exact) mass is 801 g/mol. The number of benzene rings is 9. The second kappa shape index (κ2) is 14.0. The van der Waals surface area contributed by atoms with Gasteiger partial charge in [-0.15, -0.1) is 0 Å². The molecule has 11 aromatic rings. The van der Waals surface area contributed by atoms with Crippen LogP contribution in [0.15, 0.2) is 182 Å². The van der Waals surface area contributed by atoms with Crippen LogP contribution in [-0.4, -0.2) is 4.40 Å². The summed E-state index contributed by atoms with van der Waals surface area (Å²) in [5.74, 6) is 0. The van der Waals surface area contributed by atoms with Gasteiger partial charge in [0, 0.05) is 55.1 Å². The Labute approximate surface area is 364 Å². The number of aromatic nitrogens is 1. The first kappa shape index (κ1) is 37.9. The Morgan fingerprint density at radius 3 is 1.18 bits per heavy atom. The summed E-state index contributed by atoms with van der Waals surface area (Å²) in [7, 11) is 0. The molecule has 0 bridgehead atoms. The standard InChI is InChI=1S/C59H51N3/c1-38-24-30-44(31-25-38)61(46-34-28-42(29-35-46)59(5,6)7)57-48-21-14-12-17-40(48)37-52-54(57)50-23-15-22-49-53-51(62(52)55(49)50)36-39-16-11-13-20-47(39)56(53)60(43-18-9-8-10-19-43)45-32-26-41(27-33-45)58(2,3)4/h8-37H,1-7H3. The Kier molecular flexibility index (Phi) is 8.53. The van der Waals surface area contributed by atoms with Crippen molar-refractivity contribution in [2.75, 3.05) is 9.80 Å². The molecule has 11 rings (SSSR count). The number of hydrogen-bond acceptors (Lipinski definition) is 2. The molecule has 3 heteroatoms. The van der Waals surface area contributed by atoms with Gasteiger partial charge in [0.05, 0.1) is 27.9 Å². The van der Waals surface area contributed by atoms with Gasteiger partial charge >= 0.3 is 0 Å². The molecule has 62 heavy (non-hydrogen) atoms. The van der Waals surface area contributed by atoms with Crippen molar-refractivity contribution < 1.29 is 0 Å². The van der Waals surface area contributed by atoms with Gasteiger partial charge in [-0.25, -0.2) is 0 Å². The van der Waals surface area contributed by atoms with E-state index in [2.05, 4.69) is 245 Å². The summed E-state index contributed by atoms with van der Waals surface area (Å²) >= 11 is 0. The number of rotatable bonds is 6. The average Bonchev–Trinajstić information content (AvgIpc) is 3.79. The van der Waals surface area contributed by atoms with E-state index in [0.29, 0.717) is 0 Å². The fourth-order valence-corrected chi connectivity index (χ4v) is 9.84. The zero-order valence-corrected chi connectivity index (χ0v) is 36.7. The topological polar surface area (TPSA) is 10.9 Å². The molecular formula is C59H51N3. The second-order valence-corrected chi connectivity index (χ2v) is 19.2. The second-order valence-electron chi connectivity index (χ2n) is 19.2. The zero-order valence-electron chi connectivity index (χ0n) is 36.7. The molecule has 302 valence electrons. The van der Waals surface area contributed by atoms with Crippen molar-refractivity contribution in [3.8, 4) is 0 Å². The third-order valence-corrected chi connectivity index (χ3v) is 13.0. The molecule has 0 aliphatic heterocycles. The van der Waals surface area contributed by atoms with E-state index in [1.165, 1.54) is 87.7 Å². The number of nitrogens with zero attached hydrogens (tertiary/aromatic N) is 3. The number of aryl methyl sites for hydroxylation is 1. The molecule has 0 saturated heterocycles. The van der Waals surface area contributed by atoms with Crippen LogP contribution >= 0.6 is 0 Å². The predicted octanol–water partition coefficient (Wildman–Crippen LogP) is 17.0. The molecule has 0 atom stereocenters. The smallest absolute Gasteiger partial charge is 0.0640 e. The Bertz CT molecular complexity index is 3450. The highest BCUT2D eigenvalue weighted by Crippen LogP contribution is 2.53. The molecule has 0 fully saturated rings. The lowest BCUT2D eigenvalue weighted by Crippen LogP contribution is -2.14. The van der Waals surface area contributed by atoms with E-state index >= 15 is 0 Å². The maximum atomic E-state index is 2.57. The van der Waals surface area contributed by atoms with Crippen LogP contribution in [0.2, 0.25) is 0 Å². The molecule has 0 saturated carbocycles. The third kappa shape index (κ3) is 5.94. The molecule has 0 radical (unpaired) electrons. The van der Waals surface area contributed by atoms with Crippen LogP contribution < -0.4 is 9.80 Å². The molecule has 0 aliphatic carbocycles. The summed E-state index contributed by atoms with van der Waals surface area (Å²) in [4.78, 5) is 4.99. The molecule has 0 aliphatic rings. The van der Waals surface area contributed by atoms with Crippen LogP contribution in [-0.2, 0) is 10.8 Å². The highest BCUT2D eigenvalue weighted by molar-refractivity contribution is 6.33. The summed E-state index contributed by atoms with van der Waals surface area (Å²) in [6.45, 7) is 15.9. The van der Waals surface area contributed by atoms with Gasteiger partial charge in [-0.1, -0.05) is 168 Å². The Balaban J connectivity index is 1.28. The molecular weight excluding hydrogens is 751 g/mol. The minimum absolute atomic E-state index is 0.0448. The first-order valence-electron chi connectivity index (χ1n) is 21.9. The molecule has 0 amide bonds. The maximum Gasteiger partial charge on any atom is 0.0640 e. The number of para-hydroxylation sites is 2. The van der Waals surface area contributed by atoms with Crippen molar-refractivity contribution >= 4 is 93.8 Å². The van der Waals surface area contributed by atoms with Crippen molar-refractivity contribution in [3.63, 3.8) is 0 Å². The lowest BCUT2D eigenvalue weighted by molar-refractivity contribution is 0.590. The third-order valence-electron chi connectivity index (χ3n) is 13.0. The molecule has 3 nitrogen and oxygen atoms in total. The van der Waals surface area contributed by atoms with E-state index in [0.717, 1.165) is 22.7 Å². The Hall–Kier alpha value is -7.10. The highest BCUT2D eigenvalue weighted by Gasteiger charge is 2.29. The normalized spacial score (nSPS) is 12.4. The van der Waals surface area contributed by atoms with Crippen molar-refractivity contribution in [2.45, 2.75) is 59.3 Å². The molecule has 0 unspecified atom stereocenters. The van der Waals surface area contributed by atoms with Gasteiger partial charge in [0.25, 0.3) is 0 Å². The lowest BCUT2D eigenvalue weighted by atomic mass is 9.87. The Morgan fingerprint density at radius 1 is 0.371 bits per heavy atom.